The number of allylic oxidation sites excluding steroid dienone is 1. The van der Waals surface area contributed by atoms with Gasteiger partial charge in [-0.1, -0.05) is 6.07 Å². The van der Waals surface area contributed by atoms with E-state index in [2.05, 4.69) is 5.32 Å². The molecule has 98 valence electrons. The summed E-state index contributed by atoms with van der Waals surface area (Å²) in [6.45, 7) is -0.819. The first-order chi connectivity index (χ1) is 8.93. The van der Waals surface area contributed by atoms with Crippen molar-refractivity contribution in [3.63, 3.8) is 0 Å². The van der Waals surface area contributed by atoms with Crippen LogP contribution in [0.4, 0.5) is 18.9 Å². The number of hydrogen-bond acceptors (Lipinski definition) is 4. The van der Waals surface area contributed by atoms with Crippen molar-refractivity contribution in [3.8, 4) is 12.1 Å². The molecule has 0 saturated carbocycles. The molecule has 0 fully saturated rings. The van der Waals surface area contributed by atoms with Gasteiger partial charge in [-0.05, 0) is 12.1 Å². The molecule has 19 heavy (non-hydrogen) atoms. The van der Waals surface area contributed by atoms with Gasteiger partial charge in [0.15, 0.2) is 0 Å². The maximum absolute atomic E-state index is 12.7. The Morgan fingerprint density at radius 2 is 1.95 bits per heavy atom. The van der Waals surface area contributed by atoms with Crippen LogP contribution in [0.1, 0.15) is 11.1 Å². The third kappa shape index (κ3) is 3.47. The molecule has 0 radical (unpaired) electrons. The lowest BCUT2D eigenvalue weighted by Gasteiger charge is -2.15. The van der Waals surface area contributed by atoms with Crippen molar-refractivity contribution in [2.75, 3.05) is 5.32 Å². The number of alkyl halides is 3. The number of anilines is 1. The van der Waals surface area contributed by atoms with Crippen LogP contribution in [0.3, 0.4) is 0 Å². The molecular weight excluding hydrogens is 259 g/mol. The predicted octanol–water partition coefficient (Wildman–Crippen LogP) is 2.54. The minimum absolute atomic E-state index is 0.0136. The second-order valence-electron chi connectivity index (χ2n) is 3.41. The van der Waals surface area contributed by atoms with E-state index in [4.69, 9.17) is 15.6 Å². The van der Waals surface area contributed by atoms with Gasteiger partial charge in [-0.3, -0.25) is 0 Å². The molecule has 0 aromatic heterocycles. The van der Waals surface area contributed by atoms with E-state index in [-0.39, 0.29) is 16.8 Å². The fourth-order valence-electron chi connectivity index (χ4n) is 1.40. The fraction of sp³-hybridized carbons (Fsp3) is 0.167. The summed E-state index contributed by atoms with van der Waals surface area (Å²) in [5.41, 5.74) is -1.62. The van der Waals surface area contributed by atoms with E-state index in [1.165, 1.54) is 6.07 Å². The van der Waals surface area contributed by atoms with E-state index >= 15 is 0 Å². The molecule has 7 heteroatoms. The van der Waals surface area contributed by atoms with Crippen molar-refractivity contribution >= 4 is 5.69 Å². The Balaban J connectivity index is 3.21. The van der Waals surface area contributed by atoms with Crippen LogP contribution in [0.25, 0.3) is 0 Å². The van der Waals surface area contributed by atoms with Crippen LogP contribution in [-0.4, -0.2) is 5.11 Å². The van der Waals surface area contributed by atoms with Gasteiger partial charge in [0.1, 0.15) is 17.7 Å². The summed E-state index contributed by atoms with van der Waals surface area (Å²) in [6.07, 6.45) is -3.61. The quantitative estimate of drug-likeness (QED) is 0.825. The van der Waals surface area contributed by atoms with Crippen LogP contribution < -0.4 is 5.32 Å². The molecule has 0 aliphatic heterocycles. The van der Waals surface area contributed by atoms with Gasteiger partial charge in [0, 0.05) is 17.5 Å². The van der Waals surface area contributed by atoms with Gasteiger partial charge in [-0.25, -0.2) is 0 Å². The number of aliphatic hydroxyl groups is 1. The highest BCUT2D eigenvalue weighted by atomic mass is 19.4. The monoisotopic (exact) mass is 267 g/mol. The third-order valence-electron chi connectivity index (χ3n) is 2.25. The zero-order valence-corrected chi connectivity index (χ0v) is 9.49. The van der Waals surface area contributed by atoms with Crippen LogP contribution >= 0.6 is 0 Å². The van der Waals surface area contributed by atoms with Crippen molar-refractivity contribution in [1.29, 1.82) is 10.5 Å². The molecule has 0 spiro atoms. The van der Waals surface area contributed by atoms with Gasteiger partial charge in [-0.2, -0.15) is 23.7 Å². The average Bonchev–Trinajstić information content (AvgIpc) is 2.38. The predicted molar refractivity (Wildman–Crippen MR) is 60.3 cm³/mol. The molecular formula is C12H8F3N3O. The van der Waals surface area contributed by atoms with E-state index in [0.29, 0.717) is 0 Å². The summed E-state index contributed by atoms with van der Waals surface area (Å²) in [6, 6.07) is 6.43. The number of nitriles is 2. The Hall–Kier alpha value is -2.51. The first-order valence-corrected chi connectivity index (χ1v) is 5.01. The van der Waals surface area contributed by atoms with Crippen molar-refractivity contribution in [2.45, 2.75) is 12.8 Å². The lowest BCUT2D eigenvalue weighted by Crippen LogP contribution is -2.11. The van der Waals surface area contributed by atoms with E-state index in [9.17, 15) is 13.2 Å². The number of nitrogens with zero attached hydrogens (tertiary/aromatic N) is 2. The molecule has 0 aliphatic carbocycles. The highest BCUT2D eigenvalue weighted by Gasteiger charge is 2.33. The maximum Gasteiger partial charge on any atom is 0.416 e. The van der Waals surface area contributed by atoms with Crippen molar-refractivity contribution in [1.82, 2.24) is 0 Å². The van der Waals surface area contributed by atoms with Gasteiger partial charge >= 0.3 is 6.18 Å². The average molecular weight is 267 g/mol. The topological polar surface area (TPSA) is 79.8 Å². The number of hydrogen-bond donors (Lipinski definition) is 2. The van der Waals surface area contributed by atoms with Crippen molar-refractivity contribution in [2.24, 2.45) is 0 Å². The Labute approximate surface area is 107 Å². The summed E-state index contributed by atoms with van der Waals surface area (Å²) in [7, 11) is 0. The van der Waals surface area contributed by atoms with Crippen LogP contribution in [0, 0.1) is 22.7 Å². The highest BCUT2D eigenvalue weighted by molar-refractivity contribution is 5.58. The first-order valence-electron chi connectivity index (χ1n) is 5.01. The number of halogens is 3. The third-order valence-corrected chi connectivity index (χ3v) is 2.25. The first kappa shape index (κ1) is 14.6. The minimum atomic E-state index is -4.59. The standard InChI is InChI=1S/C12H8F3N3O/c13-12(14,15)10-2-1-3-11(9(10)7-19)18-6-8(4-16)5-17/h1-3,6,18-19H,7H2. The molecule has 1 aromatic carbocycles. The van der Waals surface area contributed by atoms with Gasteiger partial charge < -0.3 is 10.4 Å². The Bertz CT molecular complexity index is 563. The van der Waals surface area contributed by atoms with Gasteiger partial charge in [-0.15, -0.1) is 0 Å². The van der Waals surface area contributed by atoms with Gasteiger partial charge in [0.2, 0.25) is 0 Å². The molecule has 0 unspecified atom stereocenters. The molecule has 1 aromatic rings. The molecule has 2 N–H and O–H groups in total. The van der Waals surface area contributed by atoms with Crippen LogP contribution in [0.2, 0.25) is 0 Å². The molecule has 0 aliphatic rings. The Kier molecular flexibility index (Phi) is 4.51. The second-order valence-corrected chi connectivity index (χ2v) is 3.41. The molecule has 1 rings (SSSR count). The smallest absolute Gasteiger partial charge is 0.392 e. The maximum atomic E-state index is 12.7. The van der Waals surface area contributed by atoms with E-state index in [0.717, 1.165) is 18.3 Å². The molecule has 4 nitrogen and oxygen atoms in total. The van der Waals surface area contributed by atoms with Gasteiger partial charge in [0.25, 0.3) is 0 Å². The minimum Gasteiger partial charge on any atom is -0.392 e. The molecule has 0 atom stereocenters. The van der Waals surface area contributed by atoms with Gasteiger partial charge in [0.05, 0.1) is 12.2 Å². The molecule has 0 saturated heterocycles. The summed E-state index contributed by atoms with van der Waals surface area (Å²) in [4.78, 5) is 0. The second kappa shape index (κ2) is 5.89. The summed E-state index contributed by atoms with van der Waals surface area (Å²) in [5, 5.41) is 28.5. The van der Waals surface area contributed by atoms with Crippen LogP contribution in [0.15, 0.2) is 30.0 Å². The highest BCUT2D eigenvalue weighted by Crippen LogP contribution is 2.35. The SMILES string of the molecule is N#CC(C#N)=CNc1cccc(C(F)(F)F)c1CO. The zero-order chi connectivity index (χ0) is 14.5. The van der Waals surface area contributed by atoms with Crippen molar-refractivity contribution < 1.29 is 18.3 Å². The molecule has 0 amide bonds. The Morgan fingerprint density at radius 1 is 1.32 bits per heavy atom. The fourth-order valence-corrected chi connectivity index (χ4v) is 1.40. The van der Waals surface area contributed by atoms with Crippen LogP contribution in [-0.2, 0) is 12.8 Å². The molecule has 0 heterocycles. The van der Waals surface area contributed by atoms with E-state index < -0.39 is 18.3 Å². The lowest BCUT2D eigenvalue weighted by atomic mass is 10.1. The zero-order valence-electron chi connectivity index (χ0n) is 9.49. The number of rotatable bonds is 3. The lowest BCUT2D eigenvalue weighted by molar-refractivity contribution is -0.138. The van der Waals surface area contributed by atoms with E-state index in [1.54, 1.807) is 12.1 Å². The number of benzene rings is 1. The van der Waals surface area contributed by atoms with Crippen molar-refractivity contribution in [3.05, 3.63) is 41.1 Å². The van der Waals surface area contributed by atoms with E-state index in [1.807, 2.05) is 0 Å². The molecule has 0 bridgehead atoms. The number of aliphatic hydroxyl groups excluding tert-OH is 1. The summed E-state index contributed by atoms with van der Waals surface area (Å²) < 4.78 is 38.1. The normalized spacial score (nSPS) is 10.2. The Morgan fingerprint density at radius 3 is 2.42 bits per heavy atom. The van der Waals surface area contributed by atoms with Crippen LogP contribution in [0.5, 0.6) is 0 Å². The number of nitrogens with one attached hydrogen (secondary N) is 1. The largest absolute Gasteiger partial charge is 0.416 e. The summed E-state index contributed by atoms with van der Waals surface area (Å²) in [5.74, 6) is 0. The summed E-state index contributed by atoms with van der Waals surface area (Å²) >= 11 is 0.